The van der Waals surface area contributed by atoms with Gasteiger partial charge in [0.1, 0.15) is 0 Å². The number of hydrogen-bond acceptors (Lipinski definition) is 2. The summed E-state index contributed by atoms with van der Waals surface area (Å²) in [4.78, 5) is 10.9. The molecule has 0 aromatic rings. The molecule has 2 N–H and O–H groups in total. The molecule has 1 rings (SSSR count). The van der Waals surface area contributed by atoms with Gasteiger partial charge in [-0.25, -0.2) is 0 Å². The van der Waals surface area contributed by atoms with Gasteiger partial charge in [0.15, 0.2) is 0 Å². The van der Waals surface area contributed by atoms with Gasteiger partial charge in [0, 0.05) is 12.6 Å². The van der Waals surface area contributed by atoms with Crippen LogP contribution in [-0.4, -0.2) is 35.8 Å². The van der Waals surface area contributed by atoms with Crippen LogP contribution in [0.15, 0.2) is 0 Å². The van der Waals surface area contributed by atoms with Crippen molar-refractivity contribution in [3.63, 3.8) is 0 Å². The zero-order valence-electron chi connectivity index (χ0n) is 9.44. The molecule has 3 nitrogen and oxygen atoms in total. The van der Waals surface area contributed by atoms with E-state index in [4.69, 9.17) is 5.11 Å². The Bertz CT molecular complexity index is 297. The van der Waals surface area contributed by atoms with Gasteiger partial charge in [-0.2, -0.15) is 22.0 Å². The molecule has 106 valence electrons. The fourth-order valence-electron chi connectivity index (χ4n) is 1.89. The van der Waals surface area contributed by atoms with E-state index in [1.807, 2.05) is 0 Å². The summed E-state index contributed by atoms with van der Waals surface area (Å²) in [6.07, 6.45) is -4.28. The Morgan fingerprint density at radius 2 is 1.61 bits per heavy atom. The van der Waals surface area contributed by atoms with Crippen LogP contribution in [0, 0.1) is 5.92 Å². The summed E-state index contributed by atoms with van der Waals surface area (Å²) in [5.74, 6) is -7.63. The van der Waals surface area contributed by atoms with Gasteiger partial charge in [-0.1, -0.05) is 0 Å². The van der Waals surface area contributed by atoms with Crippen LogP contribution in [0.1, 0.15) is 25.7 Å². The van der Waals surface area contributed by atoms with Crippen LogP contribution in [0.2, 0.25) is 0 Å². The number of amides is 1. The first kappa shape index (κ1) is 15.1. The minimum atomic E-state index is -5.88. The number of rotatable bonds is 3. The molecule has 8 heteroatoms. The lowest BCUT2D eigenvalue weighted by molar-refractivity contribution is -0.270. The van der Waals surface area contributed by atoms with E-state index in [1.54, 1.807) is 5.32 Å². The molecule has 1 fully saturated rings. The largest absolute Gasteiger partial charge is 0.463 e. The van der Waals surface area contributed by atoms with Gasteiger partial charge in [-0.3, -0.25) is 4.79 Å². The maximum atomic E-state index is 12.6. The summed E-state index contributed by atoms with van der Waals surface area (Å²) in [6.45, 7) is -0.0423. The Morgan fingerprint density at radius 1 is 1.11 bits per heavy atom. The van der Waals surface area contributed by atoms with E-state index < -0.39 is 24.0 Å². The first-order valence-corrected chi connectivity index (χ1v) is 5.55. The van der Waals surface area contributed by atoms with Crippen LogP contribution in [0.25, 0.3) is 0 Å². The molecule has 0 aromatic carbocycles. The molecular formula is C10H14F5NO2. The van der Waals surface area contributed by atoms with Crippen LogP contribution >= 0.6 is 0 Å². The van der Waals surface area contributed by atoms with Crippen LogP contribution in [-0.2, 0) is 4.79 Å². The number of carbonyl (C=O) groups excluding carboxylic acids is 1. The SMILES string of the molecule is O=C(NC1CCC(CO)CC1)C(F)(F)C(F)(F)F. The Hall–Kier alpha value is -0.920. The van der Waals surface area contributed by atoms with Crippen LogP contribution in [0.4, 0.5) is 22.0 Å². The standard InChI is InChI=1S/C10H14F5NO2/c11-9(12,10(13,14)15)8(18)16-7-3-1-6(5-17)2-4-7/h6-7,17H,1-5H2,(H,16,18). The van der Waals surface area contributed by atoms with Crippen molar-refractivity contribution in [3.8, 4) is 0 Å². The van der Waals surface area contributed by atoms with Crippen molar-refractivity contribution < 1.29 is 31.9 Å². The van der Waals surface area contributed by atoms with Gasteiger partial charge >= 0.3 is 18.0 Å². The zero-order chi connectivity index (χ0) is 14.0. The highest BCUT2D eigenvalue weighted by Gasteiger charge is 2.63. The molecule has 1 aliphatic carbocycles. The molecule has 0 saturated heterocycles. The average Bonchev–Trinajstić information content (AvgIpc) is 2.28. The summed E-state index contributed by atoms with van der Waals surface area (Å²) in [6, 6.07) is -0.687. The number of aliphatic hydroxyl groups excluding tert-OH is 1. The van der Waals surface area contributed by atoms with Crippen molar-refractivity contribution in [1.82, 2.24) is 5.32 Å². The van der Waals surface area contributed by atoms with Crippen LogP contribution in [0.3, 0.4) is 0 Å². The van der Waals surface area contributed by atoms with Gasteiger partial charge < -0.3 is 10.4 Å². The van der Waals surface area contributed by atoms with Crippen LogP contribution < -0.4 is 5.32 Å². The molecular weight excluding hydrogens is 261 g/mol. The summed E-state index contributed by atoms with van der Waals surface area (Å²) >= 11 is 0. The molecule has 0 unspecified atom stereocenters. The Balaban J connectivity index is 2.51. The predicted molar refractivity (Wildman–Crippen MR) is 52.0 cm³/mol. The van der Waals surface area contributed by atoms with E-state index in [9.17, 15) is 26.7 Å². The van der Waals surface area contributed by atoms with Crippen molar-refractivity contribution >= 4 is 5.91 Å². The van der Waals surface area contributed by atoms with Crippen molar-refractivity contribution in [3.05, 3.63) is 0 Å². The van der Waals surface area contributed by atoms with Crippen molar-refractivity contribution in [2.24, 2.45) is 5.92 Å². The number of aliphatic hydroxyl groups is 1. The zero-order valence-corrected chi connectivity index (χ0v) is 9.44. The summed E-state index contributed by atoms with van der Waals surface area (Å²) in [5.41, 5.74) is 0. The minimum Gasteiger partial charge on any atom is -0.396 e. The van der Waals surface area contributed by atoms with Crippen molar-refractivity contribution in [1.29, 1.82) is 0 Å². The normalized spacial score (nSPS) is 25.9. The molecule has 0 spiro atoms. The Labute approximate surface area is 100 Å². The van der Waals surface area contributed by atoms with Crippen LogP contribution in [0.5, 0.6) is 0 Å². The van der Waals surface area contributed by atoms with Crippen molar-refractivity contribution in [2.45, 2.75) is 43.8 Å². The third-order valence-electron chi connectivity index (χ3n) is 3.08. The second kappa shape index (κ2) is 5.38. The quantitative estimate of drug-likeness (QED) is 0.772. The number of alkyl halides is 5. The summed E-state index contributed by atoms with van der Waals surface area (Å²) in [5, 5.41) is 10.6. The molecule has 18 heavy (non-hydrogen) atoms. The summed E-state index contributed by atoms with van der Waals surface area (Å²) in [7, 11) is 0. The highest BCUT2D eigenvalue weighted by atomic mass is 19.4. The predicted octanol–water partition coefficient (Wildman–Crippen LogP) is 1.85. The van der Waals surface area contributed by atoms with E-state index in [-0.39, 0.29) is 12.5 Å². The van der Waals surface area contributed by atoms with Gasteiger partial charge in [0.2, 0.25) is 0 Å². The lowest BCUT2D eigenvalue weighted by Crippen LogP contribution is -2.53. The first-order chi connectivity index (χ1) is 8.18. The molecule has 0 heterocycles. The number of carbonyl (C=O) groups is 1. The smallest absolute Gasteiger partial charge is 0.396 e. The second-order valence-corrected chi connectivity index (χ2v) is 4.45. The second-order valence-electron chi connectivity index (χ2n) is 4.45. The molecule has 0 atom stereocenters. The maximum Gasteiger partial charge on any atom is 0.463 e. The topological polar surface area (TPSA) is 49.3 Å². The average molecular weight is 275 g/mol. The molecule has 1 amide bonds. The highest BCUT2D eigenvalue weighted by Crippen LogP contribution is 2.36. The van der Waals surface area contributed by atoms with E-state index in [2.05, 4.69) is 0 Å². The highest BCUT2D eigenvalue weighted by molar-refractivity contribution is 5.84. The van der Waals surface area contributed by atoms with E-state index in [0.29, 0.717) is 25.7 Å². The third-order valence-corrected chi connectivity index (χ3v) is 3.08. The van der Waals surface area contributed by atoms with E-state index >= 15 is 0 Å². The molecule has 0 aromatic heterocycles. The van der Waals surface area contributed by atoms with Gasteiger partial charge in [-0.15, -0.1) is 0 Å². The van der Waals surface area contributed by atoms with E-state index in [0.717, 1.165) is 0 Å². The molecule has 0 bridgehead atoms. The van der Waals surface area contributed by atoms with Gasteiger partial charge in [-0.05, 0) is 31.6 Å². The summed E-state index contributed by atoms with van der Waals surface area (Å²) < 4.78 is 61.0. The molecule has 1 saturated carbocycles. The molecule has 1 aliphatic rings. The maximum absolute atomic E-state index is 12.6. The number of halogens is 5. The third kappa shape index (κ3) is 3.30. The lowest BCUT2D eigenvalue weighted by Gasteiger charge is -2.29. The fraction of sp³-hybridized carbons (Fsp3) is 0.900. The molecule has 0 aliphatic heterocycles. The van der Waals surface area contributed by atoms with Gasteiger partial charge in [0.05, 0.1) is 0 Å². The number of hydrogen-bond donors (Lipinski definition) is 2. The Kier molecular flexibility index (Phi) is 4.52. The first-order valence-electron chi connectivity index (χ1n) is 5.55. The minimum absolute atomic E-state index is 0.0290. The van der Waals surface area contributed by atoms with Gasteiger partial charge in [0.25, 0.3) is 0 Å². The fourth-order valence-corrected chi connectivity index (χ4v) is 1.89. The number of nitrogens with one attached hydrogen (secondary N) is 1. The monoisotopic (exact) mass is 275 g/mol. The molecule has 0 radical (unpaired) electrons. The van der Waals surface area contributed by atoms with E-state index in [1.165, 1.54) is 0 Å². The van der Waals surface area contributed by atoms with Crippen molar-refractivity contribution in [2.75, 3.05) is 6.61 Å². The lowest BCUT2D eigenvalue weighted by atomic mass is 9.86. The Morgan fingerprint density at radius 3 is 2.00 bits per heavy atom.